The van der Waals surface area contributed by atoms with E-state index in [0.717, 1.165) is 12.3 Å². The molecule has 0 aromatic rings. The zero-order valence-electron chi connectivity index (χ0n) is 14.5. The van der Waals surface area contributed by atoms with Crippen LogP contribution in [0.5, 0.6) is 0 Å². The van der Waals surface area contributed by atoms with Gasteiger partial charge < -0.3 is 11.5 Å². The molecule has 20 heavy (non-hydrogen) atoms. The molecule has 0 aliphatic heterocycles. The Morgan fingerprint density at radius 2 is 1.60 bits per heavy atom. The molecule has 1 saturated carbocycles. The van der Waals surface area contributed by atoms with E-state index in [1.807, 2.05) is 0 Å². The lowest BCUT2D eigenvalue weighted by atomic mass is 9.71. The molecule has 3 atom stereocenters. The summed E-state index contributed by atoms with van der Waals surface area (Å²) < 4.78 is 0. The molecule has 0 aromatic carbocycles. The Labute approximate surface area is 126 Å². The van der Waals surface area contributed by atoms with Gasteiger partial charge in [-0.25, -0.2) is 0 Å². The third-order valence-electron chi connectivity index (χ3n) is 4.47. The maximum absolute atomic E-state index is 5.90. The Morgan fingerprint density at radius 1 is 1.00 bits per heavy atom. The van der Waals surface area contributed by atoms with E-state index < -0.39 is 0 Å². The fraction of sp³-hybridized carbons (Fsp3) is 0.889. The molecule has 2 nitrogen and oxygen atoms in total. The Bertz CT molecular complexity index is 329. The molecule has 118 valence electrons. The minimum absolute atomic E-state index is 0.295. The van der Waals surface area contributed by atoms with Crippen molar-refractivity contribution in [1.82, 2.24) is 0 Å². The van der Waals surface area contributed by atoms with Crippen LogP contribution >= 0.6 is 0 Å². The van der Waals surface area contributed by atoms with E-state index in [9.17, 15) is 0 Å². The number of hydrogen-bond acceptors (Lipinski definition) is 2. The van der Waals surface area contributed by atoms with E-state index in [2.05, 4.69) is 47.6 Å². The van der Waals surface area contributed by atoms with Gasteiger partial charge in [0.1, 0.15) is 0 Å². The van der Waals surface area contributed by atoms with E-state index >= 15 is 0 Å². The number of hydrogen-bond donors (Lipinski definition) is 2. The van der Waals surface area contributed by atoms with Crippen molar-refractivity contribution in [3.63, 3.8) is 0 Å². The van der Waals surface area contributed by atoms with Crippen LogP contribution < -0.4 is 11.5 Å². The lowest BCUT2D eigenvalue weighted by Gasteiger charge is -2.37. The van der Waals surface area contributed by atoms with Crippen LogP contribution in [0.2, 0.25) is 0 Å². The number of rotatable bonds is 0. The number of nitrogens with two attached hydrogens (primary N) is 2. The van der Waals surface area contributed by atoms with Crippen molar-refractivity contribution in [3.05, 3.63) is 11.6 Å². The van der Waals surface area contributed by atoms with Gasteiger partial charge in [0.2, 0.25) is 0 Å². The van der Waals surface area contributed by atoms with E-state index in [-0.39, 0.29) is 0 Å². The van der Waals surface area contributed by atoms with Gasteiger partial charge in [0.05, 0.1) is 0 Å². The first-order chi connectivity index (χ1) is 8.99. The fourth-order valence-electron chi connectivity index (χ4n) is 4.37. The molecule has 0 radical (unpaired) electrons. The van der Waals surface area contributed by atoms with Gasteiger partial charge in [-0.2, -0.15) is 0 Å². The van der Waals surface area contributed by atoms with Crippen molar-refractivity contribution >= 4 is 0 Å². The summed E-state index contributed by atoms with van der Waals surface area (Å²) in [6.45, 7) is 13.7. The summed E-state index contributed by atoms with van der Waals surface area (Å²) in [5.41, 5.74) is 14.1. The normalized spacial score (nSPS) is 35.6. The molecule has 0 bridgehead atoms. The highest BCUT2D eigenvalue weighted by atomic mass is 14.7. The quantitative estimate of drug-likeness (QED) is 0.652. The van der Waals surface area contributed by atoms with E-state index in [0.29, 0.717) is 22.9 Å². The van der Waals surface area contributed by atoms with Crippen LogP contribution in [0.4, 0.5) is 0 Å². The van der Waals surface area contributed by atoms with Gasteiger partial charge in [-0.1, -0.05) is 46.3 Å². The summed E-state index contributed by atoms with van der Waals surface area (Å²) in [4.78, 5) is 0. The van der Waals surface area contributed by atoms with Crippen LogP contribution in [-0.4, -0.2) is 12.1 Å². The highest BCUT2D eigenvalue weighted by molar-refractivity contribution is 5.11. The Morgan fingerprint density at radius 3 is 2.00 bits per heavy atom. The molecule has 0 heterocycles. The molecule has 2 aliphatic rings. The van der Waals surface area contributed by atoms with Crippen molar-refractivity contribution in [1.29, 1.82) is 0 Å². The Hall–Kier alpha value is -0.340. The predicted molar refractivity (Wildman–Crippen MR) is 89.5 cm³/mol. The average molecular weight is 280 g/mol. The molecule has 1 fully saturated rings. The lowest BCUT2D eigenvalue weighted by Crippen LogP contribution is -2.36. The molecule has 4 N–H and O–H groups in total. The van der Waals surface area contributed by atoms with Crippen molar-refractivity contribution < 1.29 is 0 Å². The van der Waals surface area contributed by atoms with Crippen LogP contribution in [0.3, 0.4) is 0 Å². The number of allylic oxidation sites excluding steroid dienone is 1. The fourth-order valence-corrected chi connectivity index (χ4v) is 4.37. The van der Waals surface area contributed by atoms with Crippen molar-refractivity contribution in [2.75, 3.05) is 0 Å². The summed E-state index contributed by atoms with van der Waals surface area (Å²) in [7, 11) is 0. The second-order valence-corrected chi connectivity index (χ2v) is 8.90. The Kier molecular flexibility index (Phi) is 5.86. The van der Waals surface area contributed by atoms with Crippen LogP contribution in [0.15, 0.2) is 11.6 Å². The molecule has 3 unspecified atom stereocenters. The van der Waals surface area contributed by atoms with Gasteiger partial charge >= 0.3 is 0 Å². The van der Waals surface area contributed by atoms with Crippen molar-refractivity contribution in [2.45, 2.75) is 85.7 Å². The van der Waals surface area contributed by atoms with E-state index in [1.54, 1.807) is 0 Å². The summed E-state index contributed by atoms with van der Waals surface area (Å²) in [5.74, 6) is 0.832. The maximum atomic E-state index is 5.90. The van der Waals surface area contributed by atoms with Gasteiger partial charge in [0, 0.05) is 12.1 Å². The monoisotopic (exact) mass is 280 g/mol. The van der Waals surface area contributed by atoms with E-state index in [1.165, 1.54) is 31.3 Å². The molecular formula is C18H36N2. The predicted octanol–water partition coefficient (Wildman–Crippen LogP) is 4.24. The van der Waals surface area contributed by atoms with Gasteiger partial charge in [0.15, 0.2) is 0 Å². The molecule has 0 amide bonds. The summed E-state index contributed by atoms with van der Waals surface area (Å²) in [6.07, 6.45) is 8.30. The average Bonchev–Trinajstić information content (AvgIpc) is 2.08. The zero-order chi connectivity index (χ0) is 15.6. The standard InChI is InChI=1S/C9H19N.C9H17N/c2*1-7-4-8(10)6-9(2,3)5-7/h7-8H,4-6,10H2,1-3H3;4,8H,5-6,10H2,1-3H3. The van der Waals surface area contributed by atoms with Gasteiger partial charge in [0.25, 0.3) is 0 Å². The molecule has 2 rings (SSSR count). The zero-order valence-corrected chi connectivity index (χ0v) is 14.5. The van der Waals surface area contributed by atoms with E-state index in [4.69, 9.17) is 11.5 Å². The first kappa shape index (κ1) is 17.7. The third kappa shape index (κ3) is 6.41. The van der Waals surface area contributed by atoms with Crippen molar-refractivity contribution in [3.8, 4) is 0 Å². The minimum atomic E-state index is 0.295. The molecule has 0 aromatic heterocycles. The first-order valence-electron chi connectivity index (χ1n) is 8.18. The molecule has 0 spiro atoms. The third-order valence-corrected chi connectivity index (χ3v) is 4.47. The van der Waals surface area contributed by atoms with Crippen LogP contribution in [-0.2, 0) is 0 Å². The van der Waals surface area contributed by atoms with Crippen LogP contribution in [0.25, 0.3) is 0 Å². The summed E-state index contributed by atoms with van der Waals surface area (Å²) >= 11 is 0. The summed E-state index contributed by atoms with van der Waals surface area (Å²) in [6, 6.07) is 0.752. The van der Waals surface area contributed by atoms with Gasteiger partial charge in [-0.05, 0) is 55.8 Å². The minimum Gasteiger partial charge on any atom is -0.328 e. The molecule has 2 aliphatic carbocycles. The largest absolute Gasteiger partial charge is 0.328 e. The second kappa shape index (κ2) is 6.62. The van der Waals surface area contributed by atoms with Gasteiger partial charge in [-0.15, -0.1) is 0 Å². The molecule has 2 heteroatoms. The second-order valence-electron chi connectivity index (χ2n) is 8.90. The topological polar surface area (TPSA) is 52.0 Å². The SMILES string of the molecule is CC1=CC(N)CC(C)(C)C1.CC1CC(N)CC(C)(C)C1. The maximum Gasteiger partial charge on any atom is 0.0231 e. The summed E-state index contributed by atoms with van der Waals surface area (Å²) in [5, 5.41) is 0. The smallest absolute Gasteiger partial charge is 0.0231 e. The van der Waals surface area contributed by atoms with Crippen LogP contribution in [0, 0.1) is 16.7 Å². The molecule has 0 saturated heterocycles. The van der Waals surface area contributed by atoms with Crippen molar-refractivity contribution in [2.24, 2.45) is 28.2 Å². The lowest BCUT2D eigenvalue weighted by molar-refractivity contribution is 0.170. The first-order valence-corrected chi connectivity index (χ1v) is 8.18. The van der Waals surface area contributed by atoms with Gasteiger partial charge in [-0.3, -0.25) is 0 Å². The molecular weight excluding hydrogens is 244 g/mol. The Balaban J connectivity index is 0.000000200. The highest BCUT2D eigenvalue weighted by Gasteiger charge is 2.29. The van der Waals surface area contributed by atoms with Crippen LogP contribution in [0.1, 0.15) is 73.6 Å². The highest BCUT2D eigenvalue weighted by Crippen LogP contribution is 2.37.